The smallest absolute Gasteiger partial charge is 0.339 e. The van der Waals surface area contributed by atoms with Crippen LogP contribution in [0.3, 0.4) is 0 Å². The zero-order valence-corrected chi connectivity index (χ0v) is 13.3. The van der Waals surface area contributed by atoms with E-state index in [2.05, 4.69) is 14.9 Å². The molecule has 3 saturated heterocycles. The van der Waals surface area contributed by atoms with Crippen molar-refractivity contribution in [2.24, 2.45) is 0 Å². The summed E-state index contributed by atoms with van der Waals surface area (Å²) < 4.78 is 51.3. The van der Waals surface area contributed by atoms with E-state index < -0.39 is 11.9 Å². The number of hydrogen-bond acceptors (Lipinski definition) is 5. The molecule has 2 bridgehead atoms. The van der Waals surface area contributed by atoms with Gasteiger partial charge in [0.1, 0.15) is 5.82 Å². The van der Waals surface area contributed by atoms with Crippen molar-refractivity contribution in [3.8, 4) is 0 Å². The Balaban J connectivity index is 1.42. The Morgan fingerprint density at radius 1 is 1.21 bits per heavy atom. The minimum absolute atomic E-state index is 0.164. The van der Waals surface area contributed by atoms with Gasteiger partial charge in [0, 0.05) is 43.3 Å². The van der Waals surface area contributed by atoms with Gasteiger partial charge in [0.05, 0.1) is 6.20 Å². The van der Waals surface area contributed by atoms with Crippen molar-refractivity contribution < 1.29 is 17.6 Å². The first kappa shape index (κ1) is 15.8. The Kier molecular flexibility index (Phi) is 3.72. The molecular formula is C15H14F4N4S. The van der Waals surface area contributed by atoms with E-state index in [0.717, 1.165) is 41.8 Å². The lowest BCUT2D eigenvalue weighted by molar-refractivity contribution is -0.140. The third-order valence-corrected chi connectivity index (χ3v) is 5.29. The molecule has 0 spiro atoms. The van der Waals surface area contributed by atoms with Crippen LogP contribution in [-0.4, -0.2) is 40.0 Å². The Hall–Kier alpha value is -1.74. The first-order chi connectivity index (χ1) is 11.4. The maximum Gasteiger partial charge on any atom is 0.434 e. The molecular weight excluding hydrogens is 344 g/mol. The first-order valence-corrected chi connectivity index (χ1v) is 8.41. The van der Waals surface area contributed by atoms with Crippen molar-refractivity contribution in [3.05, 3.63) is 40.9 Å². The lowest BCUT2D eigenvalue weighted by Crippen LogP contribution is -2.68. The van der Waals surface area contributed by atoms with Crippen LogP contribution in [0.5, 0.6) is 0 Å². The monoisotopic (exact) mass is 358 g/mol. The third kappa shape index (κ3) is 2.86. The van der Waals surface area contributed by atoms with E-state index in [-0.39, 0.29) is 17.9 Å². The second kappa shape index (κ2) is 5.66. The molecule has 0 saturated carbocycles. The Morgan fingerprint density at radius 3 is 2.58 bits per heavy atom. The minimum atomic E-state index is -4.40. The highest BCUT2D eigenvalue weighted by Crippen LogP contribution is 2.41. The van der Waals surface area contributed by atoms with Crippen molar-refractivity contribution >= 4 is 16.5 Å². The molecule has 0 aliphatic carbocycles. The number of rotatable bonds is 3. The number of aromatic nitrogens is 2. The van der Waals surface area contributed by atoms with E-state index in [1.54, 1.807) is 6.20 Å². The molecule has 5 heterocycles. The number of fused-ring (bicyclic) bond motifs is 2. The number of nitrogens with zero attached hydrogens (tertiary/aromatic N) is 4. The molecule has 0 aromatic carbocycles. The summed E-state index contributed by atoms with van der Waals surface area (Å²) in [4.78, 5) is 11.8. The number of hydrogen-bond donors (Lipinski definition) is 0. The zero-order chi connectivity index (χ0) is 16.9. The van der Waals surface area contributed by atoms with Gasteiger partial charge < -0.3 is 4.90 Å². The van der Waals surface area contributed by atoms with Gasteiger partial charge in [0.15, 0.2) is 10.8 Å². The molecule has 3 aliphatic rings. The maximum atomic E-state index is 13.2. The maximum absolute atomic E-state index is 13.2. The topological polar surface area (TPSA) is 32.3 Å². The molecule has 0 N–H and O–H groups in total. The second-order valence-corrected chi connectivity index (χ2v) is 7.01. The summed E-state index contributed by atoms with van der Waals surface area (Å²) in [6.07, 6.45) is -0.638. The van der Waals surface area contributed by atoms with Crippen molar-refractivity contribution in [2.45, 2.75) is 31.2 Å². The number of anilines is 1. The van der Waals surface area contributed by atoms with Crippen molar-refractivity contribution in [1.29, 1.82) is 0 Å². The van der Waals surface area contributed by atoms with Gasteiger partial charge in [-0.25, -0.2) is 9.37 Å². The molecule has 9 heteroatoms. The van der Waals surface area contributed by atoms with Crippen LogP contribution in [0.25, 0.3) is 0 Å². The predicted molar refractivity (Wildman–Crippen MR) is 81.3 cm³/mol. The van der Waals surface area contributed by atoms with E-state index in [9.17, 15) is 17.6 Å². The summed E-state index contributed by atoms with van der Waals surface area (Å²) in [6.45, 7) is 2.05. The Morgan fingerprint density at radius 2 is 1.96 bits per heavy atom. The summed E-state index contributed by atoms with van der Waals surface area (Å²) in [5.41, 5.74) is -0.0216. The molecule has 0 radical (unpaired) electrons. The van der Waals surface area contributed by atoms with Gasteiger partial charge in [-0.05, 0) is 18.1 Å². The highest BCUT2D eigenvalue weighted by atomic mass is 32.1. The molecule has 2 unspecified atom stereocenters. The second-order valence-electron chi connectivity index (χ2n) is 6.17. The van der Waals surface area contributed by atoms with E-state index in [1.807, 2.05) is 4.90 Å². The standard InChI is InChI=1S/C15H14F4N4S/c16-10-1-9(3-20-4-10)5-22-6-11-2-12(7-22)23(11)14-21-13(8-24-14)15(17,18)19/h1,3-4,8,11-12H,2,5-7H2. The number of piperazine rings is 1. The van der Waals surface area contributed by atoms with Crippen LogP contribution < -0.4 is 4.90 Å². The van der Waals surface area contributed by atoms with Crippen LogP contribution in [0.15, 0.2) is 23.8 Å². The fraction of sp³-hybridized carbons (Fsp3) is 0.467. The number of halogens is 4. The zero-order valence-electron chi connectivity index (χ0n) is 12.5. The van der Waals surface area contributed by atoms with E-state index in [1.165, 1.54) is 12.3 Å². The predicted octanol–water partition coefficient (Wildman–Crippen LogP) is 3.16. The number of piperidine rings is 1. The van der Waals surface area contributed by atoms with Gasteiger partial charge in [0.2, 0.25) is 0 Å². The SMILES string of the molecule is Fc1cncc(CN2CC3CC(C2)N3c2nc(C(F)(F)F)cs2)c1. The van der Waals surface area contributed by atoms with Crippen molar-refractivity contribution in [2.75, 3.05) is 18.0 Å². The van der Waals surface area contributed by atoms with Crippen LogP contribution in [-0.2, 0) is 12.7 Å². The lowest BCUT2D eigenvalue weighted by Gasteiger charge is -2.56. The minimum Gasteiger partial charge on any atom is -0.339 e. The molecule has 3 aliphatic heterocycles. The Bertz CT molecular complexity index is 735. The molecule has 2 aromatic rings. The fourth-order valence-corrected chi connectivity index (χ4v) is 4.43. The van der Waals surface area contributed by atoms with Gasteiger partial charge in [-0.3, -0.25) is 9.88 Å². The average Bonchev–Trinajstić information content (AvgIpc) is 2.96. The molecule has 0 amide bonds. The van der Waals surface area contributed by atoms with Crippen LogP contribution in [0.4, 0.5) is 22.7 Å². The summed E-state index contributed by atoms with van der Waals surface area (Å²) in [7, 11) is 0. The van der Waals surface area contributed by atoms with E-state index in [4.69, 9.17) is 0 Å². The molecule has 128 valence electrons. The van der Waals surface area contributed by atoms with Gasteiger partial charge in [-0.2, -0.15) is 13.2 Å². The Labute approximate surface area is 139 Å². The van der Waals surface area contributed by atoms with Gasteiger partial charge in [-0.15, -0.1) is 11.3 Å². The van der Waals surface area contributed by atoms with Gasteiger partial charge >= 0.3 is 6.18 Å². The van der Waals surface area contributed by atoms with Gasteiger partial charge in [0.25, 0.3) is 0 Å². The largest absolute Gasteiger partial charge is 0.434 e. The summed E-state index contributed by atoms with van der Waals surface area (Å²) >= 11 is 1.04. The van der Waals surface area contributed by atoms with Crippen LogP contribution in [0, 0.1) is 5.82 Å². The highest BCUT2D eigenvalue weighted by Gasteiger charge is 2.46. The first-order valence-electron chi connectivity index (χ1n) is 7.53. The number of pyridine rings is 1. The third-order valence-electron chi connectivity index (χ3n) is 4.44. The quantitative estimate of drug-likeness (QED) is 0.789. The van der Waals surface area contributed by atoms with Crippen molar-refractivity contribution in [1.82, 2.24) is 14.9 Å². The van der Waals surface area contributed by atoms with E-state index in [0.29, 0.717) is 11.7 Å². The fourth-order valence-electron chi connectivity index (χ4n) is 3.45. The molecule has 5 rings (SSSR count). The summed E-state index contributed by atoms with van der Waals surface area (Å²) in [6, 6.07) is 1.79. The number of thiazole rings is 1. The summed E-state index contributed by atoms with van der Waals surface area (Å²) in [5, 5.41) is 1.51. The molecule has 3 fully saturated rings. The number of alkyl halides is 3. The highest BCUT2D eigenvalue weighted by molar-refractivity contribution is 7.13. The van der Waals surface area contributed by atoms with Gasteiger partial charge in [-0.1, -0.05) is 0 Å². The normalized spacial score (nSPS) is 24.1. The summed E-state index contributed by atoms with van der Waals surface area (Å²) in [5.74, 6) is -0.362. The molecule has 4 nitrogen and oxygen atoms in total. The lowest BCUT2D eigenvalue weighted by atomic mass is 9.88. The van der Waals surface area contributed by atoms with Crippen LogP contribution >= 0.6 is 11.3 Å². The molecule has 24 heavy (non-hydrogen) atoms. The van der Waals surface area contributed by atoms with Crippen LogP contribution in [0.1, 0.15) is 17.7 Å². The molecule has 2 aromatic heterocycles. The van der Waals surface area contributed by atoms with E-state index >= 15 is 0 Å². The molecule has 2 atom stereocenters. The average molecular weight is 358 g/mol. The van der Waals surface area contributed by atoms with Crippen LogP contribution in [0.2, 0.25) is 0 Å². The van der Waals surface area contributed by atoms with Crippen molar-refractivity contribution in [3.63, 3.8) is 0 Å².